The molecule has 3 aromatic carbocycles. The van der Waals surface area contributed by atoms with Crippen LogP contribution in [0.4, 0.5) is 4.39 Å². The molecule has 4 rings (SSSR count). The summed E-state index contributed by atoms with van der Waals surface area (Å²) in [5.41, 5.74) is 7.47. The minimum Gasteiger partial charge on any atom is -0.494 e. The van der Waals surface area contributed by atoms with Crippen LogP contribution in [-0.2, 0) is 16.1 Å². The second kappa shape index (κ2) is 15.2. The van der Waals surface area contributed by atoms with Crippen LogP contribution in [0.5, 0.6) is 11.5 Å². The molecule has 224 valence electrons. The molecule has 1 fully saturated rings. The van der Waals surface area contributed by atoms with Crippen LogP contribution < -0.4 is 20.5 Å². The molecular weight excluding hydrogens is 563 g/mol. The summed E-state index contributed by atoms with van der Waals surface area (Å²) in [7, 11) is 1.33. The number of piperidine rings is 1. The van der Waals surface area contributed by atoms with Crippen LogP contribution in [0.1, 0.15) is 52.9 Å². The van der Waals surface area contributed by atoms with Gasteiger partial charge >= 0.3 is 0 Å². The maximum atomic E-state index is 15.8. The number of carbonyl (C=O) groups excluding carboxylic acids is 2. The molecule has 42 heavy (non-hydrogen) atoms. The predicted molar refractivity (Wildman–Crippen MR) is 160 cm³/mol. The summed E-state index contributed by atoms with van der Waals surface area (Å²) < 4.78 is 33.0. The minimum atomic E-state index is -1.25. The highest BCUT2D eigenvalue weighted by Crippen LogP contribution is 2.34. The van der Waals surface area contributed by atoms with E-state index in [2.05, 4.69) is 5.32 Å². The van der Waals surface area contributed by atoms with Crippen molar-refractivity contribution in [3.63, 3.8) is 0 Å². The first-order valence-corrected chi connectivity index (χ1v) is 13.5. The lowest BCUT2D eigenvalue weighted by Crippen LogP contribution is -2.41. The van der Waals surface area contributed by atoms with Crippen LogP contribution >= 0.6 is 12.4 Å². The number of hydrogen-bond donors (Lipinski definition) is 3. The number of nitrogens with one attached hydrogen (secondary N) is 2. The molecule has 1 saturated heterocycles. The van der Waals surface area contributed by atoms with Gasteiger partial charge in [-0.05, 0) is 30.7 Å². The van der Waals surface area contributed by atoms with Gasteiger partial charge in [0.2, 0.25) is 0 Å². The average molecular weight is 599 g/mol. The van der Waals surface area contributed by atoms with E-state index in [9.17, 15) is 9.59 Å². The summed E-state index contributed by atoms with van der Waals surface area (Å²) in [6.45, 7) is 3.28. The summed E-state index contributed by atoms with van der Waals surface area (Å²) in [6.07, 6.45) is -0.507. The Labute approximate surface area is 251 Å². The Morgan fingerprint density at radius 2 is 1.74 bits per heavy atom. The van der Waals surface area contributed by atoms with E-state index >= 15 is 4.39 Å². The van der Waals surface area contributed by atoms with Crippen LogP contribution in [0.25, 0.3) is 0 Å². The van der Waals surface area contributed by atoms with E-state index in [-0.39, 0.29) is 48.1 Å². The van der Waals surface area contributed by atoms with Crippen molar-refractivity contribution >= 4 is 30.1 Å². The van der Waals surface area contributed by atoms with E-state index in [1.54, 1.807) is 48.2 Å². The van der Waals surface area contributed by atoms with Gasteiger partial charge in [0, 0.05) is 62.3 Å². The molecule has 1 aliphatic rings. The van der Waals surface area contributed by atoms with Crippen molar-refractivity contribution in [2.24, 2.45) is 5.73 Å². The lowest BCUT2D eigenvalue weighted by atomic mass is 10.0. The maximum Gasteiger partial charge on any atom is 0.254 e. The predicted octanol–water partition coefficient (Wildman–Crippen LogP) is 4.62. The zero-order chi connectivity index (χ0) is 29.4. The summed E-state index contributed by atoms with van der Waals surface area (Å²) in [6, 6.07) is 18.9. The van der Waals surface area contributed by atoms with Gasteiger partial charge < -0.3 is 30.2 Å². The highest BCUT2D eigenvalue weighted by atomic mass is 35.5. The molecule has 0 unspecified atom stereocenters. The lowest BCUT2D eigenvalue weighted by Gasteiger charge is -2.32. The van der Waals surface area contributed by atoms with Crippen molar-refractivity contribution in [2.45, 2.75) is 38.5 Å². The zero-order valence-electron chi connectivity index (χ0n) is 23.6. The quantitative estimate of drug-likeness (QED) is 0.218. The number of carbonyl (C=O) groups is 2. The van der Waals surface area contributed by atoms with Crippen molar-refractivity contribution in [3.05, 3.63) is 94.8 Å². The van der Waals surface area contributed by atoms with Crippen LogP contribution in [0, 0.1) is 11.2 Å². The fourth-order valence-corrected chi connectivity index (χ4v) is 4.70. The molecule has 1 atom stereocenters. The summed E-state index contributed by atoms with van der Waals surface area (Å²) >= 11 is 0. The average Bonchev–Trinajstić information content (AvgIpc) is 2.99. The summed E-state index contributed by atoms with van der Waals surface area (Å²) in [5, 5.41) is 10.3. The Kier molecular flexibility index (Phi) is 11.7. The van der Waals surface area contributed by atoms with Gasteiger partial charge in [0.25, 0.3) is 11.8 Å². The largest absolute Gasteiger partial charge is 0.494 e. The van der Waals surface area contributed by atoms with Gasteiger partial charge in [-0.3, -0.25) is 15.0 Å². The van der Waals surface area contributed by atoms with Crippen LogP contribution in [-0.4, -0.2) is 55.5 Å². The van der Waals surface area contributed by atoms with E-state index in [1.807, 2.05) is 18.2 Å². The SMILES string of the molecule is CCOc1cc(OC2CCN(C(=O)c3ccccc3)CC2)c(F)c([C@H](OC)C(=O)NCc2ccc(C(=N)N)cc2)c1.Cl. The molecule has 0 spiro atoms. The fraction of sp³-hybridized carbons (Fsp3) is 0.323. The number of nitrogen functional groups attached to an aromatic ring is 1. The third-order valence-corrected chi connectivity index (χ3v) is 6.88. The number of rotatable bonds is 11. The number of benzene rings is 3. The highest BCUT2D eigenvalue weighted by molar-refractivity contribution is 5.95. The lowest BCUT2D eigenvalue weighted by molar-refractivity contribution is -0.131. The van der Waals surface area contributed by atoms with E-state index < -0.39 is 17.8 Å². The third kappa shape index (κ3) is 7.98. The number of nitrogens with two attached hydrogens (primary N) is 1. The van der Waals surface area contributed by atoms with Crippen LogP contribution in [0.15, 0.2) is 66.7 Å². The maximum absolute atomic E-state index is 15.8. The minimum absolute atomic E-state index is 0. The van der Waals surface area contributed by atoms with Gasteiger partial charge in [0.15, 0.2) is 17.7 Å². The van der Waals surface area contributed by atoms with Gasteiger partial charge in [-0.2, -0.15) is 0 Å². The second-order valence-electron chi connectivity index (χ2n) is 9.68. The number of halogens is 2. The molecule has 3 aromatic rings. The molecule has 0 aromatic heterocycles. The molecule has 4 N–H and O–H groups in total. The Bertz CT molecular complexity index is 1370. The molecule has 0 aliphatic carbocycles. The summed E-state index contributed by atoms with van der Waals surface area (Å²) in [5.74, 6) is -1.01. The van der Waals surface area contributed by atoms with Crippen molar-refractivity contribution in [2.75, 3.05) is 26.8 Å². The molecule has 0 saturated carbocycles. The van der Waals surface area contributed by atoms with Gasteiger partial charge in [-0.1, -0.05) is 42.5 Å². The number of amides is 2. The first-order chi connectivity index (χ1) is 19.8. The molecular formula is C31H36ClFN4O5. The summed E-state index contributed by atoms with van der Waals surface area (Å²) in [4.78, 5) is 27.6. The van der Waals surface area contributed by atoms with Gasteiger partial charge in [0.1, 0.15) is 17.7 Å². The Morgan fingerprint density at radius 1 is 1.07 bits per heavy atom. The van der Waals surface area contributed by atoms with Crippen LogP contribution in [0.2, 0.25) is 0 Å². The Morgan fingerprint density at radius 3 is 2.33 bits per heavy atom. The van der Waals surface area contributed by atoms with Crippen molar-refractivity contribution in [1.82, 2.24) is 10.2 Å². The van der Waals surface area contributed by atoms with Gasteiger partial charge in [-0.15, -0.1) is 12.4 Å². The van der Waals surface area contributed by atoms with Crippen molar-refractivity contribution in [3.8, 4) is 11.5 Å². The monoisotopic (exact) mass is 598 g/mol. The molecule has 2 amide bonds. The van der Waals surface area contributed by atoms with Crippen molar-refractivity contribution in [1.29, 1.82) is 5.41 Å². The zero-order valence-corrected chi connectivity index (χ0v) is 24.4. The number of methoxy groups -OCH3 is 1. The molecule has 1 heterocycles. The number of nitrogens with zero attached hydrogens (tertiary/aromatic N) is 1. The van der Waals surface area contributed by atoms with E-state index in [4.69, 9.17) is 25.4 Å². The van der Waals surface area contributed by atoms with Crippen molar-refractivity contribution < 1.29 is 28.2 Å². The second-order valence-corrected chi connectivity index (χ2v) is 9.68. The standard InChI is InChI=1S/C31H35FN4O5.ClH/c1-3-40-24-17-25(28(39-2)30(37)35-19-20-9-11-21(12-10-20)29(33)34)27(32)26(18-24)41-23-13-15-36(16-14-23)31(38)22-7-5-4-6-8-22;/h4-12,17-18,23,28H,3,13-16,19H2,1-2H3,(H3,33,34)(H,35,37);1H/t28-;/m0./s1. The Hall–Kier alpha value is -4.15. The first kappa shape index (κ1) is 32.4. The molecule has 0 radical (unpaired) electrons. The molecule has 1 aliphatic heterocycles. The fourth-order valence-electron chi connectivity index (χ4n) is 4.70. The normalized spacial score (nSPS) is 13.9. The van der Waals surface area contributed by atoms with Gasteiger partial charge in [-0.25, -0.2) is 4.39 Å². The number of hydrogen-bond acceptors (Lipinski definition) is 6. The van der Waals surface area contributed by atoms with Crippen LogP contribution in [0.3, 0.4) is 0 Å². The number of amidine groups is 1. The topological polar surface area (TPSA) is 127 Å². The molecule has 11 heteroatoms. The Balaban J connectivity index is 0.00000484. The first-order valence-electron chi connectivity index (χ1n) is 13.5. The van der Waals surface area contributed by atoms with E-state index in [0.717, 1.165) is 5.56 Å². The van der Waals surface area contributed by atoms with E-state index in [1.165, 1.54) is 19.2 Å². The number of likely N-dealkylation sites (tertiary alicyclic amines) is 1. The highest BCUT2D eigenvalue weighted by Gasteiger charge is 2.29. The molecule has 0 bridgehead atoms. The smallest absolute Gasteiger partial charge is 0.254 e. The number of ether oxygens (including phenoxy) is 3. The van der Waals surface area contributed by atoms with E-state index in [0.29, 0.717) is 49.4 Å². The van der Waals surface area contributed by atoms with Gasteiger partial charge in [0.05, 0.1) is 6.61 Å². The molecule has 9 nitrogen and oxygen atoms in total. The third-order valence-electron chi connectivity index (χ3n) is 6.88.